The van der Waals surface area contributed by atoms with E-state index < -0.39 is 16.5 Å². The highest BCUT2D eigenvalue weighted by Gasteiger charge is 2.20. The first-order valence-electron chi connectivity index (χ1n) is 4.97. The van der Waals surface area contributed by atoms with Gasteiger partial charge in [-0.2, -0.15) is 0 Å². The van der Waals surface area contributed by atoms with E-state index in [2.05, 4.69) is 0 Å². The summed E-state index contributed by atoms with van der Waals surface area (Å²) in [7, 11) is 0. The van der Waals surface area contributed by atoms with E-state index in [-0.39, 0.29) is 16.9 Å². The molecule has 0 saturated heterocycles. The SMILES string of the molecule is CC(C)(C)OC(=O)c1cc(N)cc([N+](=O)[O-])c1. The zero-order valence-corrected chi connectivity index (χ0v) is 9.89. The predicted molar refractivity (Wildman–Crippen MR) is 62.7 cm³/mol. The minimum absolute atomic E-state index is 0.0756. The maximum atomic E-state index is 11.7. The molecule has 1 aromatic rings. The summed E-state index contributed by atoms with van der Waals surface area (Å²) in [4.78, 5) is 21.7. The highest BCUT2D eigenvalue weighted by Crippen LogP contribution is 2.21. The number of nitrogens with two attached hydrogens (primary N) is 1. The van der Waals surface area contributed by atoms with Gasteiger partial charge < -0.3 is 10.5 Å². The zero-order chi connectivity index (χ0) is 13.2. The maximum Gasteiger partial charge on any atom is 0.338 e. The molecule has 6 nitrogen and oxygen atoms in total. The third-order valence-corrected chi connectivity index (χ3v) is 1.79. The van der Waals surface area contributed by atoms with Gasteiger partial charge in [0, 0.05) is 17.8 Å². The number of carbonyl (C=O) groups is 1. The van der Waals surface area contributed by atoms with Gasteiger partial charge in [0.15, 0.2) is 0 Å². The van der Waals surface area contributed by atoms with Gasteiger partial charge in [0.1, 0.15) is 5.60 Å². The van der Waals surface area contributed by atoms with E-state index in [1.165, 1.54) is 12.1 Å². The van der Waals surface area contributed by atoms with Gasteiger partial charge >= 0.3 is 5.97 Å². The van der Waals surface area contributed by atoms with Gasteiger partial charge in [-0.25, -0.2) is 4.79 Å². The quantitative estimate of drug-likeness (QED) is 0.368. The summed E-state index contributed by atoms with van der Waals surface area (Å²) >= 11 is 0. The molecule has 0 heterocycles. The number of rotatable bonds is 2. The fraction of sp³-hybridized carbons (Fsp3) is 0.364. The number of nitro groups is 1. The average molecular weight is 238 g/mol. The number of ether oxygens (including phenoxy) is 1. The van der Waals surface area contributed by atoms with Gasteiger partial charge in [0.05, 0.1) is 10.5 Å². The van der Waals surface area contributed by atoms with Gasteiger partial charge in [-0.1, -0.05) is 0 Å². The Balaban J connectivity index is 3.06. The van der Waals surface area contributed by atoms with E-state index in [1.807, 2.05) is 0 Å². The second-order valence-electron chi connectivity index (χ2n) is 4.57. The Morgan fingerprint density at radius 3 is 2.41 bits per heavy atom. The summed E-state index contributed by atoms with van der Waals surface area (Å²) in [5.74, 6) is -0.632. The standard InChI is InChI=1S/C11H14N2O4/c1-11(2,3)17-10(14)7-4-8(12)6-9(5-7)13(15)16/h4-6H,12H2,1-3H3. The molecule has 0 aliphatic heterocycles. The molecule has 0 unspecified atom stereocenters. The molecule has 0 saturated carbocycles. The van der Waals surface area contributed by atoms with Crippen molar-refractivity contribution in [3.63, 3.8) is 0 Å². The summed E-state index contributed by atoms with van der Waals surface area (Å²) in [6.45, 7) is 5.14. The molecule has 6 heteroatoms. The van der Waals surface area contributed by atoms with Crippen molar-refractivity contribution in [3.8, 4) is 0 Å². The zero-order valence-electron chi connectivity index (χ0n) is 9.89. The minimum Gasteiger partial charge on any atom is -0.456 e. The fourth-order valence-corrected chi connectivity index (χ4v) is 1.19. The third kappa shape index (κ3) is 3.75. The third-order valence-electron chi connectivity index (χ3n) is 1.79. The van der Waals surface area contributed by atoms with Crippen LogP contribution in [0.3, 0.4) is 0 Å². The van der Waals surface area contributed by atoms with E-state index >= 15 is 0 Å². The Hall–Kier alpha value is -2.11. The molecular weight excluding hydrogens is 224 g/mol. The molecule has 0 spiro atoms. The molecule has 0 fully saturated rings. The van der Waals surface area contributed by atoms with Crippen molar-refractivity contribution in [2.24, 2.45) is 0 Å². The number of nitrogens with zero attached hydrogens (tertiary/aromatic N) is 1. The van der Waals surface area contributed by atoms with Crippen LogP contribution in [0.25, 0.3) is 0 Å². The highest BCUT2D eigenvalue weighted by atomic mass is 16.6. The van der Waals surface area contributed by atoms with Crippen molar-refractivity contribution < 1.29 is 14.5 Å². The summed E-state index contributed by atoms with van der Waals surface area (Å²) in [6, 6.07) is 3.68. The topological polar surface area (TPSA) is 95.5 Å². The summed E-state index contributed by atoms with van der Waals surface area (Å²) < 4.78 is 5.10. The molecule has 0 amide bonds. The van der Waals surface area contributed by atoms with E-state index in [0.717, 1.165) is 6.07 Å². The first-order valence-corrected chi connectivity index (χ1v) is 4.97. The predicted octanol–water partition coefficient (Wildman–Crippen LogP) is 2.13. The monoisotopic (exact) mass is 238 g/mol. The molecule has 0 radical (unpaired) electrons. The number of hydrogen-bond acceptors (Lipinski definition) is 5. The van der Waals surface area contributed by atoms with Crippen molar-refractivity contribution in [2.75, 3.05) is 5.73 Å². The molecule has 0 aliphatic rings. The van der Waals surface area contributed by atoms with Crippen LogP contribution >= 0.6 is 0 Å². The largest absolute Gasteiger partial charge is 0.456 e. The van der Waals surface area contributed by atoms with E-state index in [4.69, 9.17) is 10.5 Å². The van der Waals surface area contributed by atoms with E-state index in [0.29, 0.717) is 0 Å². The molecule has 0 atom stereocenters. The van der Waals surface area contributed by atoms with Gasteiger partial charge in [0.25, 0.3) is 5.69 Å². The summed E-state index contributed by atoms with van der Waals surface area (Å²) in [5.41, 5.74) is 4.83. The van der Waals surface area contributed by atoms with Crippen LogP contribution < -0.4 is 5.73 Å². The smallest absolute Gasteiger partial charge is 0.338 e. The Labute approximate surface area is 98.5 Å². The van der Waals surface area contributed by atoms with E-state index in [9.17, 15) is 14.9 Å². The number of carbonyl (C=O) groups excluding carboxylic acids is 1. The van der Waals surface area contributed by atoms with Crippen LogP contribution in [0.2, 0.25) is 0 Å². The molecular formula is C11H14N2O4. The number of nitro benzene ring substituents is 1. The summed E-state index contributed by atoms with van der Waals surface area (Å²) in [5, 5.41) is 10.6. The van der Waals surface area contributed by atoms with Crippen LogP contribution in [0.5, 0.6) is 0 Å². The van der Waals surface area contributed by atoms with Crippen LogP contribution in [-0.4, -0.2) is 16.5 Å². The van der Waals surface area contributed by atoms with Gasteiger partial charge in [-0.15, -0.1) is 0 Å². The van der Waals surface area contributed by atoms with Crippen LogP contribution in [0.15, 0.2) is 18.2 Å². The molecule has 1 rings (SSSR count). The highest BCUT2D eigenvalue weighted by molar-refractivity contribution is 5.91. The molecule has 2 N–H and O–H groups in total. The van der Waals surface area contributed by atoms with Crippen LogP contribution in [-0.2, 0) is 4.74 Å². The lowest BCUT2D eigenvalue weighted by molar-refractivity contribution is -0.384. The van der Waals surface area contributed by atoms with Crippen molar-refractivity contribution >= 4 is 17.3 Å². The fourth-order valence-electron chi connectivity index (χ4n) is 1.19. The lowest BCUT2D eigenvalue weighted by atomic mass is 10.1. The van der Waals surface area contributed by atoms with Crippen LogP contribution in [0.1, 0.15) is 31.1 Å². The number of hydrogen-bond donors (Lipinski definition) is 1. The number of nitrogen functional groups attached to an aromatic ring is 1. The molecule has 17 heavy (non-hydrogen) atoms. The Kier molecular flexibility index (Phi) is 3.36. The Morgan fingerprint density at radius 1 is 1.35 bits per heavy atom. The first-order chi connectivity index (χ1) is 7.69. The number of benzene rings is 1. The molecule has 1 aromatic carbocycles. The number of anilines is 1. The minimum atomic E-state index is -0.656. The average Bonchev–Trinajstić information content (AvgIpc) is 2.13. The lowest BCUT2D eigenvalue weighted by Crippen LogP contribution is -2.24. The normalized spacial score (nSPS) is 11.0. The molecule has 0 bridgehead atoms. The molecule has 0 aromatic heterocycles. The van der Waals surface area contributed by atoms with Gasteiger partial charge in [0.2, 0.25) is 0 Å². The van der Waals surface area contributed by atoms with Crippen LogP contribution in [0.4, 0.5) is 11.4 Å². The van der Waals surface area contributed by atoms with Gasteiger partial charge in [-0.3, -0.25) is 10.1 Å². The molecule has 92 valence electrons. The van der Waals surface area contributed by atoms with E-state index in [1.54, 1.807) is 20.8 Å². The summed E-state index contributed by atoms with van der Waals surface area (Å²) in [6.07, 6.45) is 0. The van der Waals surface area contributed by atoms with Crippen molar-refractivity contribution in [1.82, 2.24) is 0 Å². The van der Waals surface area contributed by atoms with Gasteiger partial charge in [-0.05, 0) is 26.8 Å². The Morgan fingerprint density at radius 2 is 1.94 bits per heavy atom. The second-order valence-corrected chi connectivity index (χ2v) is 4.57. The number of non-ortho nitro benzene ring substituents is 1. The van der Waals surface area contributed by atoms with Crippen LogP contribution in [0, 0.1) is 10.1 Å². The number of esters is 1. The van der Waals surface area contributed by atoms with Crippen molar-refractivity contribution in [1.29, 1.82) is 0 Å². The Bertz CT molecular complexity index is 463. The second kappa shape index (κ2) is 4.40. The first kappa shape index (κ1) is 13.0. The lowest BCUT2D eigenvalue weighted by Gasteiger charge is -2.19. The maximum absolute atomic E-state index is 11.7. The molecule has 0 aliphatic carbocycles. The van der Waals surface area contributed by atoms with Crippen molar-refractivity contribution in [3.05, 3.63) is 33.9 Å². The van der Waals surface area contributed by atoms with Crippen molar-refractivity contribution in [2.45, 2.75) is 26.4 Å².